The van der Waals surface area contributed by atoms with Crippen molar-refractivity contribution in [3.8, 4) is 0 Å². The number of nitrogens with one attached hydrogen (secondary N) is 6. The van der Waals surface area contributed by atoms with E-state index >= 15 is 0 Å². The molecule has 0 aliphatic rings. The number of guanidine groups is 1. The number of aromatic nitrogens is 1. The first-order chi connectivity index (χ1) is 26.7. The fourth-order valence-electron chi connectivity index (χ4n) is 5.57. The van der Waals surface area contributed by atoms with Crippen molar-refractivity contribution in [2.24, 2.45) is 33.8 Å². The Bertz CT molecular complexity index is 1790. The molecule has 0 saturated heterocycles. The summed E-state index contributed by atoms with van der Waals surface area (Å²) in [6.07, 6.45) is -1.71. The van der Waals surface area contributed by atoms with Gasteiger partial charge in [0.2, 0.25) is 35.4 Å². The Labute approximate surface area is 327 Å². The number of aliphatic imine (C=N–C) groups is 1. The van der Waals surface area contributed by atoms with Gasteiger partial charge in [0, 0.05) is 36.5 Å². The number of carboxylic acid groups (broad SMARTS) is 2. The van der Waals surface area contributed by atoms with Gasteiger partial charge in [-0.05, 0) is 43.7 Å². The van der Waals surface area contributed by atoms with Crippen LogP contribution in [0.15, 0.2) is 35.5 Å². The topological polar surface area (TPSA) is 390 Å². The van der Waals surface area contributed by atoms with Crippen molar-refractivity contribution >= 4 is 64.2 Å². The molecular formula is C35H53N11O11. The van der Waals surface area contributed by atoms with Gasteiger partial charge in [-0.2, -0.15) is 0 Å². The van der Waals surface area contributed by atoms with E-state index in [0.717, 1.165) is 0 Å². The lowest BCUT2D eigenvalue weighted by atomic mass is 10.0. The molecule has 22 heteroatoms. The molecule has 0 fully saturated rings. The van der Waals surface area contributed by atoms with Gasteiger partial charge in [0.15, 0.2) is 5.96 Å². The summed E-state index contributed by atoms with van der Waals surface area (Å²) in [6, 6.07) is -2.12. The number of fused-ring (bicyclic) bond motifs is 1. The van der Waals surface area contributed by atoms with E-state index in [1.165, 1.54) is 20.8 Å². The lowest BCUT2D eigenvalue weighted by Gasteiger charge is -2.28. The summed E-state index contributed by atoms with van der Waals surface area (Å²) in [7, 11) is 0. The van der Waals surface area contributed by atoms with Gasteiger partial charge in [-0.1, -0.05) is 32.0 Å². The summed E-state index contributed by atoms with van der Waals surface area (Å²) in [4.78, 5) is 109. The molecule has 0 saturated carbocycles. The zero-order valence-electron chi connectivity index (χ0n) is 31.8. The first kappa shape index (κ1) is 46.9. The van der Waals surface area contributed by atoms with Gasteiger partial charge in [0.25, 0.3) is 0 Å². The summed E-state index contributed by atoms with van der Waals surface area (Å²) in [5.41, 5.74) is 23.1. The highest BCUT2D eigenvalue weighted by atomic mass is 16.4. The molecule has 0 aliphatic heterocycles. The van der Waals surface area contributed by atoms with Gasteiger partial charge in [0.05, 0.1) is 18.6 Å². The second-order valence-corrected chi connectivity index (χ2v) is 13.7. The van der Waals surface area contributed by atoms with Gasteiger partial charge in [-0.15, -0.1) is 0 Å². The summed E-state index contributed by atoms with van der Waals surface area (Å²) in [5.74, 6) is -9.62. The monoisotopic (exact) mass is 803 g/mol. The van der Waals surface area contributed by atoms with E-state index < -0.39 is 115 Å². The van der Waals surface area contributed by atoms with Crippen molar-refractivity contribution in [3.63, 3.8) is 0 Å². The van der Waals surface area contributed by atoms with Crippen molar-refractivity contribution in [2.45, 2.75) is 102 Å². The Hall–Kier alpha value is -6.29. The van der Waals surface area contributed by atoms with Crippen LogP contribution in [0.3, 0.4) is 0 Å². The van der Waals surface area contributed by atoms with Crippen LogP contribution in [-0.4, -0.2) is 123 Å². The zero-order valence-corrected chi connectivity index (χ0v) is 31.8. The molecule has 1 heterocycles. The molecule has 0 unspecified atom stereocenters. The number of primary amides is 1. The number of H-pyrrole nitrogens is 1. The third-order valence-electron chi connectivity index (χ3n) is 8.65. The molecule has 17 N–H and O–H groups in total. The highest BCUT2D eigenvalue weighted by Gasteiger charge is 2.35. The number of aliphatic hydroxyl groups is 1. The van der Waals surface area contributed by atoms with Crippen LogP contribution in [0.5, 0.6) is 0 Å². The van der Waals surface area contributed by atoms with Gasteiger partial charge >= 0.3 is 11.9 Å². The van der Waals surface area contributed by atoms with E-state index in [1.807, 2.05) is 0 Å². The second-order valence-electron chi connectivity index (χ2n) is 13.7. The predicted octanol–water partition coefficient (Wildman–Crippen LogP) is -3.62. The van der Waals surface area contributed by atoms with E-state index in [1.54, 1.807) is 30.5 Å². The third-order valence-corrected chi connectivity index (χ3v) is 8.65. The summed E-state index contributed by atoms with van der Waals surface area (Å²) < 4.78 is 0. The number of benzene rings is 1. The maximum atomic E-state index is 14.0. The number of hydrogen-bond donors (Lipinski definition) is 13. The molecule has 0 radical (unpaired) electrons. The van der Waals surface area contributed by atoms with E-state index in [2.05, 4.69) is 36.6 Å². The van der Waals surface area contributed by atoms with Crippen LogP contribution in [0.4, 0.5) is 0 Å². The summed E-state index contributed by atoms with van der Waals surface area (Å²) >= 11 is 0. The molecule has 2 rings (SSSR count). The minimum Gasteiger partial charge on any atom is -0.481 e. The minimum absolute atomic E-state index is 0.113. The van der Waals surface area contributed by atoms with Crippen LogP contribution in [0.1, 0.15) is 58.4 Å². The smallest absolute Gasteiger partial charge is 0.326 e. The summed E-state index contributed by atoms with van der Waals surface area (Å²) in [6.45, 7) is 4.42. The van der Waals surface area contributed by atoms with Gasteiger partial charge in [-0.3, -0.25) is 38.6 Å². The highest BCUT2D eigenvalue weighted by molar-refractivity contribution is 5.98. The number of nitrogens with zero attached hydrogens (tertiary/aromatic N) is 1. The third kappa shape index (κ3) is 15.4. The Balaban J connectivity index is 2.43. The number of carbonyl (C=O) groups excluding carboxylic acids is 6. The van der Waals surface area contributed by atoms with E-state index in [-0.39, 0.29) is 25.3 Å². The number of hydrogen-bond acceptors (Lipinski definition) is 11. The predicted molar refractivity (Wildman–Crippen MR) is 204 cm³/mol. The van der Waals surface area contributed by atoms with Crippen LogP contribution < -0.4 is 49.5 Å². The Kier molecular flexibility index (Phi) is 18.3. The summed E-state index contributed by atoms with van der Waals surface area (Å²) in [5, 5.41) is 41.8. The normalized spacial score (nSPS) is 14.8. The average molecular weight is 804 g/mol. The molecule has 22 nitrogen and oxygen atoms in total. The molecule has 57 heavy (non-hydrogen) atoms. The maximum Gasteiger partial charge on any atom is 0.326 e. The average Bonchev–Trinajstić information content (AvgIpc) is 3.53. The Morgan fingerprint density at radius 2 is 1.33 bits per heavy atom. The zero-order chi connectivity index (χ0) is 43.0. The number of aromatic amines is 1. The van der Waals surface area contributed by atoms with Crippen LogP contribution in [0, 0.1) is 5.92 Å². The lowest BCUT2D eigenvalue weighted by molar-refractivity contribution is -0.143. The molecule has 6 amide bonds. The molecule has 314 valence electrons. The standard InChI is InChI=1S/C35H53N11O11/c1-16(2)27(34(56)57)45-32(54)24(14-25(37)48)43-30(52)22(10-11-26(49)50)42-31(53)23(13-18-15-41-21-9-5-4-7-19(18)21)44-33(55)28(17(3)47)46-29(51)20(36)8-6-12-40-35(38)39/h4-5,7,9,15-17,20,22-24,27-28,41,47H,6,8,10-14,36H2,1-3H3,(H2,37,48)(H,42,53)(H,43,52)(H,44,55)(H,45,54)(H,46,51)(H,49,50)(H,56,57)(H4,38,39,40)/t17-,20+,22+,23+,24+,27+,28+/m1/s1. The number of amides is 6. The number of carbonyl (C=O) groups is 8. The molecule has 0 spiro atoms. The molecule has 1 aromatic carbocycles. The minimum atomic E-state index is -1.73. The molecule has 0 bridgehead atoms. The van der Waals surface area contributed by atoms with Crippen molar-refractivity contribution in [3.05, 3.63) is 36.0 Å². The van der Waals surface area contributed by atoms with Crippen molar-refractivity contribution in [2.75, 3.05) is 6.54 Å². The SMILES string of the molecule is CC(C)[C@H](NC(=O)[C@H](CC(N)=O)NC(=O)[C@H](CCC(=O)O)NC(=O)[C@H](Cc1c[nH]c2ccccc12)NC(=O)[C@@H](NC(=O)[C@@H](N)CCCN=C(N)N)[C@@H](C)O)C(=O)O. The van der Waals surface area contributed by atoms with Crippen LogP contribution in [0.2, 0.25) is 0 Å². The number of rotatable bonds is 24. The number of aliphatic hydroxyl groups excluding tert-OH is 1. The lowest BCUT2D eigenvalue weighted by Crippen LogP contribution is -2.61. The Morgan fingerprint density at radius 3 is 1.91 bits per heavy atom. The van der Waals surface area contributed by atoms with Crippen molar-refractivity contribution in [1.82, 2.24) is 31.6 Å². The molecule has 0 aliphatic carbocycles. The van der Waals surface area contributed by atoms with E-state index in [4.69, 9.17) is 22.9 Å². The molecule has 1 aromatic heterocycles. The fourth-order valence-corrected chi connectivity index (χ4v) is 5.57. The number of nitrogens with two attached hydrogens (primary N) is 4. The number of aliphatic carboxylic acids is 2. The van der Waals surface area contributed by atoms with E-state index in [9.17, 15) is 53.7 Å². The molecule has 7 atom stereocenters. The van der Waals surface area contributed by atoms with Crippen molar-refractivity contribution in [1.29, 1.82) is 0 Å². The van der Waals surface area contributed by atoms with Crippen molar-refractivity contribution < 1.29 is 53.7 Å². The fraction of sp³-hybridized carbons (Fsp3) is 0.514. The highest BCUT2D eigenvalue weighted by Crippen LogP contribution is 2.19. The Morgan fingerprint density at radius 1 is 0.754 bits per heavy atom. The molecule has 2 aromatic rings. The van der Waals surface area contributed by atoms with Crippen LogP contribution in [-0.2, 0) is 44.8 Å². The van der Waals surface area contributed by atoms with Crippen LogP contribution in [0.25, 0.3) is 10.9 Å². The molecular weight excluding hydrogens is 750 g/mol. The largest absolute Gasteiger partial charge is 0.481 e. The first-order valence-electron chi connectivity index (χ1n) is 18.0. The van der Waals surface area contributed by atoms with Crippen LogP contribution >= 0.6 is 0 Å². The van der Waals surface area contributed by atoms with E-state index in [0.29, 0.717) is 22.9 Å². The number of carboxylic acids is 2. The van der Waals surface area contributed by atoms with Gasteiger partial charge < -0.3 is 69.8 Å². The quantitative estimate of drug-likeness (QED) is 0.0277. The maximum absolute atomic E-state index is 14.0. The van der Waals surface area contributed by atoms with Gasteiger partial charge in [-0.25, -0.2) is 4.79 Å². The van der Waals surface area contributed by atoms with Gasteiger partial charge in [0.1, 0.15) is 30.2 Å². The number of para-hydroxylation sites is 1. The second kappa shape index (κ2) is 22.3. The first-order valence-corrected chi connectivity index (χ1v) is 18.0.